The Morgan fingerprint density at radius 1 is 1.19 bits per heavy atom. The molecule has 0 aromatic heterocycles. The van der Waals surface area contributed by atoms with Crippen LogP contribution in [-0.2, 0) is 9.53 Å². The lowest BCUT2D eigenvalue weighted by molar-refractivity contribution is -0.116. The van der Waals surface area contributed by atoms with Gasteiger partial charge in [-0.2, -0.15) is 0 Å². The van der Waals surface area contributed by atoms with Crippen LogP contribution in [-0.4, -0.2) is 48.1 Å². The molecule has 26 heavy (non-hydrogen) atoms. The van der Waals surface area contributed by atoms with Crippen molar-refractivity contribution in [3.05, 3.63) is 23.8 Å². The number of phenols is 1. The zero-order chi connectivity index (χ0) is 18.8. The average Bonchev–Trinajstić information content (AvgIpc) is 2.64. The first-order valence-electron chi connectivity index (χ1n) is 9.62. The van der Waals surface area contributed by atoms with E-state index in [1.54, 1.807) is 6.07 Å². The van der Waals surface area contributed by atoms with Gasteiger partial charge in [0.1, 0.15) is 11.3 Å². The molecule has 6 heteroatoms. The van der Waals surface area contributed by atoms with E-state index in [9.17, 15) is 14.7 Å². The summed E-state index contributed by atoms with van der Waals surface area (Å²) in [4.78, 5) is 26.3. The van der Waals surface area contributed by atoms with Crippen molar-refractivity contribution < 1.29 is 19.4 Å². The summed E-state index contributed by atoms with van der Waals surface area (Å²) in [6, 6.07) is 4.49. The Morgan fingerprint density at radius 2 is 1.96 bits per heavy atom. The van der Waals surface area contributed by atoms with Gasteiger partial charge in [0.15, 0.2) is 0 Å². The number of unbranched alkanes of at least 4 members (excludes halogenated alkanes) is 2. The van der Waals surface area contributed by atoms with E-state index in [1.165, 1.54) is 31.4 Å². The van der Waals surface area contributed by atoms with Gasteiger partial charge < -0.3 is 20.1 Å². The van der Waals surface area contributed by atoms with Crippen molar-refractivity contribution in [3.63, 3.8) is 0 Å². The van der Waals surface area contributed by atoms with Crippen molar-refractivity contribution in [3.8, 4) is 5.75 Å². The number of likely N-dealkylation sites (tertiary alicyclic amines) is 1. The third-order valence-electron chi connectivity index (χ3n) is 4.59. The standard InChI is InChI=1S/C20H30N2O4/c1-2-3-7-14-26-20(25)17-9-8-16(15-18(17)23)21-19(24)10-13-22-11-5-4-6-12-22/h8-9,15,23H,2-7,10-14H2,1H3,(H,21,24). The number of benzene rings is 1. The molecule has 0 spiro atoms. The molecular formula is C20H30N2O4. The molecule has 1 fully saturated rings. The molecule has 6 nitrogen and oxygen atoms in total. The van der Waals surface area contributed by atoms with Crippen LogP contribution in [0.5, 0.6) is 5.75 Å². The maximum atomic E-state index is 12.1. The zero-order valence-corrected chi connectivity index (χ0v) is 15.6. The number of esters is 1. The molecule has 2 N–H and O–H groups in total. The second-order valence-corrected chi connectivity index (χ2v) is 6.78. The van der Waals surface area contributed by atoms with Gasteiger partial charge in [-0.25, -0.2) is 4.79 Å². The largest absolute Gasteiger partial charge is 0.507 e. The Kier molecular flexibility index (Phi) is 8.41. The van der Waals surface area contributed by atoms with Crippen LogP contribution in [0, 0.1) is 0 Å². The Labute approximate surface area is 155 Å². The summed E-state index contributed by atoms with van der Waals surface area (Å²) in [5.74, 6) is -0.814. The second kappa shape index (κ2) is 10.8. The molecule has 1 aliphatic heterocycles. The molecule has 1 saturated heterocycles. The van der Waals surface area contributed by atoms with Crippen molar-refractivity contribution in [2.45, 2.75) is 51.9 Å². The summed E-state index contributed by atoms with van der Waals surface area (Å²) in [6.07, 6.45) is 6.96. The number of phenolic OH excluding ortho intramolecular Hbond substituents is 1. The lowest BCUT2D eigenvalue weighted by Gasteiger charge is -2.25. The Morgan fingerprint density at radius 3 is 2.65 bits per heavy atom. The van der Waals surface area contributed by atoms with Crippen LogP contribution in [0.4, 0.5) is 5.69 Å². The molecule has 0 saturated carbocycles. The Hall–Kier alpha value is -2.08. The van der Waals surface area contributed by atoms with E-state index in [1.807, 2.05) is 0 Å². The highest BCUT2D eigenvalue weighted by Crippen LogP contribution is 2.23. The molecule has 1 heterocycles. The molecule has 0 radical (unpaired) electrons. The van der Waals surface area contributed by atoms with E-state index in [4.69, 9.17) is 4.74 Å². The fourth-order valence-electron chi connectivity index (χ4n) is 3.04. The first-order chi connectivity index (χ1) is 12.6. The van der Waals surface area contributed by atoms with Crippen LogP contribution in [0.3, 0.4) is 0 Å². The summed E-state index contributed by atoms with van der Waals surface area (Å²) in [5, 5.41) is 12.8. The van der Waals surface area contributed by atoms with E-state index in [0.29, 0.717) is 18.7 Å². The highest BCUT2D eigenvalue weighted by atomic mass is 16.5. The molecule has 1 amide bonds. The van der Waals surface area contributed by atoms with Crippen LogP contribution in [0.1, 0.15) is 62.2 Å². The number of nitrogens with zero attached hydrogens (tertiary/aromatic N) is 1. The molecule has 2 rings (SSSR count). The van der Waals surface area contributed by atoms with E-state index in [2.05, 4.69) is 17.1 Å². The predicted octanol–water partition coefficient (Wildman–Crippen LogP) is 3.55. The monoisotopic (exact) mass is 362 g/mol. The number of hydrogen-bond donors (Lipinski definition) is 2. The van der Waals surface area contributed by atoms with Gasteiger partial charge in [-0.3, -0.25) is 4.79 Å². The van der Waals surface area contributed by atoms with Gasteiger partial charge in [0.05, 0.1) is 6.61 Å². The highest BCUT2D eigenvalue weighted by Gasteiger charge is 2.15. The molecular weight excluding hydrogens is 332 g/mol. The fraction of sp³-hybridized carbons (Fsp3) is 0.600. The van der Waals surface area contributed by atoms with Crippen LogP contribution in [0.25, 0.3) is 0 Å². The third kappa shape index (κ3) is 6.67. The lowest BCUT2D eigenvalue weighted by atomic mass is 10.1. The number of ether oxygens (including phenoxy) is 1. The minimum absolute atomic E-state index is 0.0927. The summed E-state index contributed by atoms with van der Waals surface area (Å²) >= 11 is 0. The van der Waals surface area contributed by atoms with Crippen LogP contribution < -0.4 is 5.32 Å². The fourth-order valence-corrected chi connectivity index (χ4v) is 3.04. The Balaban J connectivity index is 1.80. The lowest BCUT2D eigenvalue weighted by Crippen LogP contribution is -2.32. The number of carbonyl (C=O) groups excluding carboxylic acids is 2. The SMILES string of the molecule is CCCCCOC(=O)c1ccc(NC(=O)CCN2CCCCC2)cc1O. The van der Waals surface area contributed by atoms with Gasteiger partial charge >= 0.3 is 5.97 Å². The van der Waals surface area contributed by atoms with Gasteiger partial charge in [-0.1, -0.05) is 26.2 Å². The zero-order valence-electron chi connectivity index (χ0n) is 15.6. The number of carbonyl (C=O) groups is 2. The number of nitrogens with one attached hydrogen (secondary N) is 1. The molecule has 0 atom stereocenters. The normalized spacial score (nSPS) is 14.8. The summed E-state index contributed by atoms with van der Waals surface area (Å²) < 4.78 is 5.15. The maximum Gasteiger partial charge on any atom is 0.341 e. The summed E-state index contributed by atoms with van der Waals surface area (Å²) in [7, 11) is 0. The van der Waals surface area contributed by atoms with Gasteiger partial charge in [0.2, 0.25) is 5.91 Å². The van der Waals surface area contributed by atoms with Crippen LogP contribution in [0.2, 0.25) is 0 Å². The van der Waals surface area contributed by atoms with Crippen LogP contribution >= 0.6 is 0 Å². The van der Waals surface area contributed by atoms with Crippen LogP contribution in [0.15, 0.2) is 18.2 Å². The van der Waals surface area contributed by atoms with Gasteiger partial charge in [0, 0.05) is 24.7 Å². The summed E-state index contributed by atoms with van der Waals surface area (Å²) in [5.41, 5.74) is 0.599. The number of amides is 1. The first kappa shape index (κ1) is 20.2. The molecule has 1 aromatic carbocycles. The minimum Gasteiger partial charge on any atom is -0.507 e. The quantitative estimate of drug-likeness (QED) is 0.519. The highest BCUT2D eigenvalue weighted by molar-refractivity contribution is 5.95. The van der Waals surface area contributed by atoms with Crippen molar-refractivity contribution in [1.29, 1.82) is 0 Å². The van der Waals surface area contributed by atoms with Gasteiger partial charge in [0.25, 0.3) is 0 Å². The smallest absolute Gasteiger partial charge is 0.341 e. The Bertz CT molecular complexity index is 597. The minimum atomic E-state index is -0.540. The van der Waals surface area contributed by atoms with E-state index < -0.39 is 5.97 Å². The predicted molar refractivity (Wildman–Crippen MR) is 101 cm³/mol. The van der Waals surface area contributed by atoms with Gasteiger partial charge in [-0.15, -0.1) is 0 Å². The van der Waals surface area contributed by atoms with E-state index in [-0.39, 0.29) is 17.2 Å². The van der Waals surface area contributed by atoms with Crippen molar-refractivity contribution in [2.75, 3.05) is 31.6 Å². The number of rotatable bonds is 9. The number of hydrogen-bond acceptors (Lipinski definition) is 5. The average molecular weight is 362 g/mol. The molecule has 0 unspecified atom stereocenters. The maximum absolute atomic E-state index is 12.1. The summed E-state index contributed by atoms with van der Waals surface area (Å²) in [6.45, 7) is 5.29. The van der Waals surface area contributed by atoms with Crippen molar-refractivity contribution in [1.82, 2.24) is 4.90 Å². The molecule has 1 aliphatic rings. The van der Waals surface area contributed by atoms with Crippen molar-refractivity contribution in [2.24, 2.45) is 0 Å². The molecule has 0 aliphatic carbocycles. The first-order valence-corrected chi connectivity index (χ1v) is 9.62. The molecule has 1 aromatic rings. The topological polar surface area (TPSA) is 78.9 Å². The number of piperidine rings is 1. The molecule has 0 bridgehead atoms. The van der Waals surface area contributed by atoms with E-state index in [0.717, 1.165) is 38.9 Å². The second-order valence-electron chi connectivity index (χ2n) is 6.78. The van der Waals surface area contributed by atoms with Crippen molar-refractivity contribution >= 4 is 17.6 Å². The number of aromatic hydroxyl groups is 1. The number of anilines is 1. The van der Waals surface area contributed by atoms with Gasteiger partial charge in [-0.05, 0) is 44.5 Å². The van der Waals surface area contributed by atoms with E-state index >= 15 is 0 Å². The molecule has 144 valence electrons. The third-order valence-corrected chi connectivity index (χ3v) is 4.59.